The van der Waals surface area contributed by atoms with E-state index in [1.807, 2.05) is 0 Å². The lowest BCUT2D eigenvalue weighted by Gasteiger charge is -2.32. The lowest BCUT2D eigenvalue weighted by molar-refractivity contribution is -0.0222. The van der Waals surface area contributed by atoms with Gasteiger partial charge in [0, 0.05) is 12.6 Å². The van der Waals surface area contributed by atoms with Crippen molar-refractivity contribution in [2.75, 3.05) is 13.2 Å². The molecule has 0 aromatic heterocycles. The highest BCUT2D eigenvalue weighted by Gasteiger charge is 2.24. The monoisotopic (exact) mass is 253 g/mol. The number of ether oxygens (including phenoxy) is 1. The maximum absolute atomic E-state index is 5.95. The molecule has 4 atom stereocenters. The standard InChI is InChI=1S/C16H31NO/c1-3-14-7-9-18-16(12-14)11-13(2)10-15-6-4-5-8-17-15/h13-17H,3-12H2,1-2H3. The molecule has 2 rings (SSSR count). The van der Waals surface area contributed by atoms with Crippen molar-refractivity contribution >= 4 is 0 Å². The molecule has 2 nitrogen and oxygen atoms in total. The molecular formula is C16H31NO. The van der Waals surface area contributed by atoms with E-state index in [-0.39, 0.29) is 0 Å². The minimum absolute atomic E-state index is 0.544. The molecule has 0 aliphatic carbocycles. The SMILES string of the molecule is CCC1CCOC(CC(C)CC2CCCCN2)C1. The van der Waals surface area contributed by atoms with E-state index in [0.717, 1.165) is 24.5 Å². The summed E-state index contributed by atoms with van der Waals surface area (Å²) < 4.78 is 5.95. The van der Waals surface area contributed by atoms with E-state index in [1.54, 1.807) is 0 Å². The van der Waals surface area contributed by atoms with Gasteiger partial charge in [0.25, 0.3) is 0 Å². The van der Waals surface area contributed by atoms with Crippen LogP contribution in [0.25, 0.3) is 0 Å². The first-order valence-corrected chi connectivity index (χ1v) is 8.13. The molecule has 0 aromatic carbocycles. The molecule has 18 heavy (non-hydrogen) atoms. The fourth-order valence-corrected chi connectivity index (χ4v) is 3.65. The first kappa shape index (κ1) is 14.3. The Morgan fingerprint density at radius 1 is 1.22 bits per heavy atom. The van der Waals surface area contributed by atoms with E-state index in [0.29, 0.717) is 6.10 Å². The van der Waals surface area contributed by atoms with E-state index in [4.69, 9.17) is 4.74 Å². The number of hydrogen-bond acceptors (Lipinski definition) is 2. The van der Waals surface area contributed by atoms with Crippen LogP contribution in [0.15, 0.2) is 0 Å². The summed E-state index contributed by atoms with van der Waals surface area (Å²) >= 11 is 0. The Kier molecular flexibility index (Phi) is 5.97. The Bertz CT molecular complexity index is 225. The zero-order chi connectivity index (χ0) is 12.8. The summed E-state index contributed by atoms with van der Waals surface area (Å²) in [5.74, 6) is 1.73. The van der Waals surface area contributed by atoms with Gasteiger partial charge in [0.05, 0.1) is 6.10 Å². The highest BCUT2D eigenvalue weighted by atomic mass is 16.5. The van der Waals surface area contributed by atoms with E-state index in [9.17, 15) is 0 Å². The van der Waals surface area contributed by atoms with Crippen LogP contribution in [0, 0.1) is 11.8 Å². The van der Waals surface area contributed by atoms with Crippen molar-refractivity contribution in [3.05, 3.63) is 0 Å². The Balaban J connectivity index is 1.67. The van der Waals surface area contributed by atoms with Crippen LogP contribution < -0.4 is 5.32 Å². The first-order chi connectivity index (χ1) is 8.78. The molecule has 0 saturated carbocycles. The summed E-state index contributed by atoms with van der Waals surface area (Å²) in [6, 6.07) is 0.777. The molecule has 2 heteroatoms. The molecule has 0 aromatic rings. The Labute approximate surface area is 113 Å². The van der Waals surface area contributed by atoms with Gasteiger partial charge in [-0.25, -0.2) is 0 Å². The third-order valence-corrected chi connectivity index (χ3v) is 4.82. The van der Waals surface area contributed by atoms with Crippen LogP contribution in [0.4, 0.5) is 0 Å². The van der Waals surface area contributed by atoms with Crippen LogP contribution in [-0.2, 0) is 4.74 Å². The Morgan fingerprint density at radius 3 is 2.83 bits per heavy atom. The van der Waals surface area contributed by atoms with Gasteiger partial charge in [-0.3, -0.25) is 0 Å². The largest absolute Gasteiger partial charge is 0.378 e. The summed E-state index contributed by atoms with van der Waals surface area (Å²) in [4.78, 5) is 0. The van der Waals surface area contributed by atoms with Crippen LogP contribution in [0.3, 0.4) is 0 Å². The maximum atomic E-state index is 5.95. The molecule has 106 valence electrons. The van der Waals surface area contributed by atoms with E-state index < -0.39 is 0 Å². The topological polar surface area (TPSA) is 21.3 Å². The molecule has 2 fully saturated rings. The van der Waals surface area contributed by atoms with Gasteiger partial charge in [0.15, 0.2) is 0 Å². The number of piperidine rings is 1. The molecule has 1 N–H and O–H groups in total. The van der Waals surface area contributed by atoms with Crippen molar-refractivity contribution in [3.8, 4) is 0 Å². The fourth-order valence-electron chi connectivity index (χ4n) is 3.65. The number of rotatable bonds is 5. The molecule has 0 bridgehead atoms. The van der Waals surface area contributed by atoms with Crippen LogP contribution in [0.2, 0.25) is 0 Å². The van der Waals surface area contributed by atoms with Crippen LogP contribution in [0.5, 0.6) is 0 Å². The average molecular weight is 253 g/mol. The van der Waals surface area contributed by atoms with Gasteiger partial charge in [-0.05, 0) is 56.9 Å². The van der Waals surface area contributed by atoms with Gasteiger partial charge >= 0.3 is 0 Å². The van der Waals surface area contributed by atoms with Gasteiger partial charge in [-0.15, -0.1) is 0 Å². The van der Waals surface area contributed by atoms with Crippen molar-refractivity contribution in [3.63, 3.8) is 0 Å². The number of nitrogens with one attached hydrogen (secondary N) is 1. The first-order valence-electron chi connectivity index (χ1n) is 8.13. The predicted octanol–water partition coefficient (Wildman–Crippen LogP) is 3.75. The highest BCUT2D eigenvalue weighted by Crippen LogP contribution is 2.28. The molecule has 4 unspecified atom stereocenters. The molecule has 2 aliphatic rings. The highest BCUT2D eigenvalue weighted by molar-refractivity contribution is 4.78. The minimum atomic E-state index is 0.544. The average Bonchev–Trinajstić information content (AvgIpc) is 2.40. The molecular weight excluding hydrogens is 222 g/mol. The number of hydrogen-bond donors (Lipinski definition) is 1. The van der Waals surface area contributed by atoms with Crippen molar-refractivity contribution in [1.29, 1.82) is 0 Å². The van der Waals surface area contributed by atoms with Crippen molar-refractivity contribution in [2.24, 2.45) is 11.8 Å². The molecule has 2 saturated heterocycles. The summed E-state index contributed by atoms with van der Waals surface area (Å²) in [7, 11) is 0. The third kappa shape index (κ3) is 4.55. The van der Waals surface area contributed by atoms with E-state index in [2.05, 4.69) is 19.2 Å². The second kappa shape index (κ2) is 7.49. The summed E-state index contributed by atoms with van der Waals surface area (Å²) in [5.41, 5.74) is 0. The van der Waals surface area contributed by atoms with Crippen LogP contribution in [-0.4, -0.2) is 25.3 Å². The van der Waals surface area contributed by atoms with Crippen LogP contribution >= 0.6 is 0 Å². The zero-order valence-corrected chi connectivity index (χ0v) is 12.3. The minimum Gasteiger partial charge on any atom is -0.378 e. The van der Waals surface area contributed by atoms with E-state index >= 15 is 0 Å². The zero-order valence-electron chi connectivity index (χ0n) is 12.3. The normalized spacial score (nSPS) is 35.3. The Hall–Kier alpha value is -0.0800. The second-order valence-corrected chi connectivity index (χ2v) is 6.51. The lowest BCUT2D eigenvalue weighted by atomic mass is 9.86. The van der Waals surface area contributed by atoms with Gasteiger partial charge in [0.1, 0.15) is 0 Å². The fraction of sp³-hybridized carbons (Fsp3) is 1.00. The molecule has 2 heterocycles. The Morgan fingerprint density at radius 2 is 2.11 bits per heavy atom. The quantitative estimate of drug-likeness (QED) is 0.805. The summed E-state index contributed by atoms with van der Waals surface area (Å²) in [6.45, 7) is 6.96. The molecule has 2 aliphatic heterocycles. The van der Waals surface area contributed by atoms with Gasteiger partial charge in [-0.2, -0.15) is 0 Å². The second-order valence-electron chi connectivity index (χ2n) is 6.51. The summed E-state index contributed by atoms with van der Waals surface area (Å²) in [6.07, 6.45) is 11.3. The van der Waals surface area contributed by atoms with Gasteiger partial charge < -0.3 is 10.1 Å². The van der Waals surface area contributed by atoms with Crippen molar-refractivity contribution in [1.82, 2.24) is 5.32 Å². The molecule has 0 radical (unpaired) electrons. The van der Waals surface area contributed by atoms with Gasteiger partial charge in [0.2, 0.25) is 0 Å². The van der Waals surface area contributed by atoms with Gasteiger partial charge in [-0.1, -0.05) is 26.7 Å². The smallest absolute Gasteiger partial charge is 0.0580 e. The third-order valence-electron chi connectivity index (χ3n) is 4.82. The molecule has 0 spiro atoms. The van der Waals surface area contributed by atoms with Crippen molar-refractivity contribution in [2.45, 2.75) is 77.4 Å². The maximum Gasteiger partial charge on any atom is 0.0580 e. The van der Waals surface area contributed by atoms with Crippen molar-refractivity contribution < 1.29 is 4.74 Å². The van der Waals surface area contributed by atoms with Crippen LogP contribution in [0.1, 0.15) is 65.2 Å². The van der Waals surface area contributed by atoms with E-state index in [1.165, 1.54) is 57.9 Å². The predicted molar refractivity (Wildman–Crippen MR) is 76.8 cm³/mol. The summed E-state index contributed by atoms with van der Waals surface area (Å²) in [5, 5.41) is 3.67. The molecule has 0 amide bonds. The lowest BCUT2D eigenvalue weighted by Crippen LogP contribution is -2.36.